The van der Waals surface area contributed by atoms with Gasteiger partial charge in [-0.25, -0.2) is 0 Å². The number of nitrogens with two attached hydrogens (primary N) is 1. The van der Waals surface area contributed by atoms with Gasteiger partial charge in [-0.1, -0.05) is 6.92 Å². The molecule has 3 N–H and O–H groups in total. The molecule has 0 saturated carbocycles. The Balaban J connectivity index is 1.94. The van der Waals surface area contributed by atoms with Crippen molar-refractivity contribution in [3.63, 3.8) is 0 Å². The van der Waals surface area contributed by atoms with Gasteiger partial charge in [0.2, 0.25) is 5.91 Å². The van der Waals surface area contributed by atoms with Crippen molar-refractivity contribution in [2.24, 2.45) is 5.41 Å². The number of carbonyl (C=O) groups is 2. The second-order valence-electron chi connectivity index (χ2n) is 5.58. The number of hydrogen-bond acceptors (Lipinski definition) is 4. The van der Waals surface area contributed by atoms with Crippen molar-refractivity contribution >= 4 is 17.6 Å². The monoisotopic (exact) mass is 291 g/mol. The van der Waals surface area contributed by atoms with Crippen LogP contribution in [0.15, 0.2) is 18.3 Å². The molecule has 1 aromatic heterocycles. The number of piperidine rings is 1. The maximum atomic E-state index is 12.2. The van der Waals surface area contributed by atoms with Gasteiger partial charge in [-0.2, -0.15) is 0 Å². The molecule has 21 heavy (non-hydrogen) atoms. The fraction of sp³-hybridized carbons (Fsp3) is 0.533. The Hall–Kier alpha value is -2.11. The standard InChI is InChI=1S/C15H21N3O3/c1-2-15(14(20)21)5-7-18(8-6-15)13(19)9-12-4-3-11(16)10-17-12/h3-4,10H,2,5-9,16H2,1H3,(H,20,21). The summed E-state index contributed by atoms with van der Waals surface area (Å²) in [5.41, 5.74) is 6.14. The lowest BCUT2D eigenvalue weighted by molar-refractivity contribution is -0.154. The molecule has 1 fully saturated rings. The Morgan fingerprint density at radius 2 is 2.05 bits per heavy atom. The zero-order valence-corrected chi connectivity index (χ0v) is 12.2. The highest BCUT2D eigenvalue weighted by Crippen LogP contribution is 2.35. The minimum atomic E-state index is -0.752. The van der Waals surface area contributed by atoms with E-state index in [1.807, 2.05) is 6.92 Å². The van der Waals surface area contributed by atoms with Crippen LogP contribution in [-0.2, 0) is 16.0 Å². The molecule has 6 nitrogen and oxygen atoms in total. The van der Waals surface area contributed by atoms with Gasteiger partial charge in [0.1, 0.15) is 0 Å². The highest BCUT2D eigenvalue weighted by molar-refractivity contribution is 5.79. The largest absolute Gasteiger partial charge is 0.481 e. The number of carboxylic acids is 1. The van der Waals surface area contributed by atoms with Crippen LogP contribution >= 0.6 is 0 Å². The van der Waals surface area contributed by atoms with Crippen molar-refractivity contribution in [1.82, 2.24) is 9.88 Å². The van der Waals surface area contributed by atoms with E-state index in [9.17, 15) is 14.7 Å². The second-order valence-corrected chi connectivity index (χ2v) is 5.58. The van der Waals surface area contributed by atoms with Crippen LogP contribution in [0.3, 0.4) is 0 Å². The van der Waals surface area contributed by atoms with Gasteiger partial charge in [-0.3, -0.25) is 14.6 Å². The summed E-state index contributed by atoms with van der Waals surface area (Å²) in [6.07, 6.45) is 3.39. The summed E-state index contributed by atoms with van der Waals surface area (Å²) in [6, 6.07) is 3.46. The van der Waals surface area contributed by atoms with Crippen LogP contribution in [0.1, 0.15) is 31.9 Å². The maximum absolute atomic E-state index is 12.2. The molecule has 0 aromatic carbocycles. The third kappa shape index (κ3) is 3.32. The van der Waals surface area contributed by atoms with E-state index in [2.05, 4.69) is 4.98 Å². The molecule has 1 aromatic rings. The molecule has 1 aliphatic heterocycles. The summed E-state index contributed by atoms with van der Waals surface area (Å²) in [5, 5.41) is 9.35. The van der Waals surface area contributed by atoms with Crippen molar-refractivity contribution in [1.29, 1.82) is 0 Å². The Morgan fingerprint density at radius 1 is 1.38 bits per heavy atom. The maximum Gasteiger partial charge on any atom is 0.309 e. The predicted molar refractivity (Wildman–Crippen MR) is 78.5 cm³/mol. The molecule has 0 unspecified atom stereocenters. The van der Waals surface area contributed by atoms with Gasteiger partial charge >= 0.3 is 5.97 Å². The van der Waals surface area contributed by atoms with Crippen molar-refractivity contribution in [3.8, 4) is 0 Å². The SMILES string of the molecule is CCC1(C(=O)O)CCN(C(=O)Cc2ccc(N)cn2)CC1. The van der Waals surface area contributed by atoms with Gasteiger partial charge in [0.25, 0.3) is 0 Å². The number of rotatable bonds is 4. The van der Waals surface area contributed by atoms with Crippen molar-refractivity contribution in [2.75, 3.05) is 18.8 Å². The number of nitrogen functional groups attached to an aromatic ring is 1. The van der Waals surface area contributed by atoms with Crippen LogP contribution in [0.2, 0.25) is 0 Å². The zero-order valence-electron chi connectivity index (χ0n) is 12.2. The number of aliphatic carboxylic acids is 1. The Labute approximate surface area is 124 Å². The number of pyridine rings is 1. The number of likely N-dealkylation sites (tertiary alicyclic amines) is 1. The van der Waals surface area contributed by atoms with Crippen molar-refractivity contribution < 1.29 is 14.7 Å². The van der Waals surface area contributed by atoms with Crippen LogP contribution in [-0.4, -0.2) is 40.0 Å². The van der Waals surface area contributed by atoms with E-state index in [0.717, 1.165) is 0 Å². The number of carbonyl (C=O) groups excluding carboxylic acids is 1. The molecule has 6 heteroatoms. The summed E-state index contributed by atoms with van der Waals surface area (Å²) in [5.74, 6) is -0.764. The topological polar surface area (TPSA) is 96.5 Å². The van der Waals surface area contributed by atoms with Gasteiger partial charge < -0.3 is 15.7 Å². The van der Waals surface area contributed by atoms with E-state index in [-0.39, 0.29) is 12.3 Å². The number of hydrogen-bond donors (Lipinski definition) is 2. The first-order valence-electron chi connectivity index (χ1n) is 7.18. The quantitative estimate of drug-likeness (QED) is 0.871. The smallest absolute Gasteiger partial charge is 0.309 e. The van der Waals surface area contributed by atoms with E-state index in [1.54, 1.807) is 17.0 Å². The van der Waals surface area contributed by atoms with E-state index in [4.69, 9.17) is 5.73 Å². The summed E-state index contributed by atoms with van der Waals surface area (Å²) in [6.45, 7) is 2.88. The lowest BCUT2D eigenvalue weighted by Crippen LogP contribution is -2.46. The van der Waals surface area contributed by atoms with E-state index in [0.29, 0.717) is 43.7 Å². The molecular weight excluding hydrogens is 270 g/mol. The molecular formula is C15H21N3O3. The average Bonchev–Trinajstić information content (AvgIpc) is 2.49. The molecule has 2 heterocycles. The molecule has 0 radical (unpaired) electrons. The zero-order chi connectivity index (χ0) is 15.5. The third-order valence-electron chi connectivity index (χ3n) is 4.38. The number of anilines is 1. The Morgan fingerprint density at radius 3 is 2.52 bits per heavy atom. The van der Waals surface area contributed by atoms with Crippen LogP contribution in [0.4, 0.5) is 5.69 Å². The lowest BCUT2D eigenvalue weighted by Gasteiger charge is -2.38. The molecule has 0 spiro atoms. The summed E-state index contributed by atoms with van der Waals surface area (Å²) < 4.78 is 0. The first-order chi connectivity index (χ1) is 9.97. The molecule has 0 atom stereocenters. The molecule has 1 aliphatic rings. The minimum Gasteiger partial charge on any atom is -0.481 e. The molecule has 1 amide bonds. The van der Waals surface area contributed by atoms with Crippen molar-refractivity contribution in [3.05, 3.63) is 24.0 Å². The normalized spacial score (nSPS) is 17.5. The molecule has 114 valence electrons. The molecule has 0 aliphatic carbocycles. The highest BCUT2D eigenvalue weighted by atomic mass is 16.4. The van der Waals surface area contributed by atoms with E-state index >= 15 is 0 Å². The van der Waals surface area contributed by atoms with Gasteiger partial charge in [-0.15, -0.1) is 0 Å². The van der Waals surface area contributed by atoms with E-state index in [1.165, 1.54) is 6.20 Å². The summed E-state index contributed by atoms with van der Waals surface area (Å²) in [7, 11) is 0. The number of aromatic nitrogens is 1. The van der Waals surface area contributed by atoms with Crippen LogP contribution in [0, 0.1) is 5.41 Å². The van der Waals surface area contributed by atoms with Gasteiger partial charge in [0.05, 0.1) is 23.7 Å². The minimum absolute atomic E-state index is 0.0117. The fourth-order valence-electron chi connectivity index (χ4n) is 2.71. The van der Waals surface area contributed by atoms with Crippen LogP contribution < -0.4 is 5.73 Å². The van der Waals surface area contributed by atoms with E-state index < -0.39 is 11.4 Å². The lowest BCUT2D eigenvalue weighted by atomic mass is 9.76. The first-order valence-corrected chi connectivity index (χ1v) is 7.18. The number of amides is 1. The Kier molecular flexibility index (Phi) is 4.45. The second kappa shape index (κ2) is 6.11. The summed E-state index contributed by atoms with van der Waals surface area (Å²) in [4.78, 5) is 29.5. The van der Waals surface area contributed by atoms with Crippen molar-refractivity contribution in [2.45, 2.75) is 32.6 Å². The van der Waals surface area contributed by atoms with Gasteiger partial charge in [-0.05, 0) is 31.4 Å². The Bertz CT molecular complexity index is 519. The molecule has 2 rings (SSSR count). The number of nitrogens with zero attached hydrogens (tertiary/aromatic N) is 2. The van der Waals surface area contributed by atoms with Gasteiger partial charge in [0.15, 0.2) is 0 Å². The van der Waals surface area contributed by atoms with Crippen LogP contribution in [0.5, 0.6) is 0 Å². The van der Waals surface area contributed by atoms with Crippen LogP contribution in [0.25, 0.3) is 0 Å². The fourth-order valence-corrected chi connectivity index (χ4v) is 2.71. The third-order valence-corrected chi connectivity index (χ3v) is 4.38. The molecule has 1 saturated heterocycles. The predicted octanol–water partition coefficient (Wildman–Crippen LogP) is 1.31. The summed E-state index contributed by atoms with van der Waals surface area (Å²) >= 11 is 0. The van der Waals surface area contributed by atoms with Gasteiger partial charge in [0, 0.05) is 18.8 Å². The number of carboxylic acid groups (broad SMARTS) is 1. The highest BCUT2D eigenvalue weighted by Gasteiger charge is 2.40. The average molecular weight is 291 g/mol. The molecule has 0 bridgehead atoms. The first kappa shape index (κ1) is 15.3.